The molecular formula is C14H13N3O2S. The van der Waals surface area contributed by atoms with E-state index in [0.29, 0.717) is 18.1 Å². The number of phenolic OH excluding ortho intramolecular Hbond substituents is 1. The molecule has 0 aliphatic rings. The molecular weight excluding hydrogens is 274 g/mol. The first-order valence-electron chi connectivity index (χ1n) is 6.12. The lowest BCUT2D eigenvalue weighted by Crippen LogP contribution is -2.10. The summed E-state index contributed by atoms with van der Waals surface area (Å²) in [5.74, 6) is 1.24. The number of thiophene rings is 1. The van der Waals surface area contributed by atoms with E-state index in [-0.39, 0.29) is 11.8 Å². The first-order chi connectivity index (χ1) is 9.72. The summed E-state index contributed by atoms with van der Waals surface area (Å²) in [4.78, 5) is 5.32. The molecule has 2 aromatic heterocycles. The van der Waals surface area contributed by atoms with Gasteiger partial charge in [0, 0.05) is 11.3 Å². The van der Waals surface area contributed by atoms with E-state index in [9.17, 15) is 5.11 Å². The Morgan fingerprint density at radius 3 is 2.75 bits per heavy atom. The Hall–Kier alpha value is -2.18. The molecule has 0 aliphatic heterocycles. The number of nitrogens with two attached hydrogens (primary N) is 1. The number of aromatic hydroxyl groups is 1. The van der Waals surface area contributed by atoms with E-state index in [2.05, 4.69) is 10.1 Å². The van der Waals surface area contributed by atoms with Crippen LogP contribution in [0.25, 0.3) is 0 Å². The fourth-order valence-corrected chi connectivity index (χ4v) is 2.57. The molecule has 0 bridgehead atoms. The van der Waals surface area contributed by atoms with Crippen LogP contribution in [-0.2, 0) is 6.42 Å². The van der Waals surface area contributed by atoms with Gasteiger partial charge in [0.15, 0.2) is 5.82 Å². The van der Waals surface area contributed by atoms with Gasteiger partial charge in [0.25, 0.3) is 0 Å². The van der Waals surface area contributed by atoms with Gasteiger partial charge in [-0.25, -0.2) is 0 Å². The first kappa shape index (κ1) is 12.8. The molecule has 1 atom stereocenters. The third kappa shape index (κ3) is 2.71. The lowest BCUT2D eigenvalue weighted by molar-refractivity contribution is 0.364. The molecule has 5 nitrogen and oxygen atoms in total. The van der Waals surface area contributed by atoms with Gasteiger partial charge in [-0.05, 0) is 29.1 Å². The fraction of sp³-hybridized carbons (Fsp3) is 0.143. The van der Waals surface area contributed by atoms with Crippen molar-refractivity contribution in [1.29, 1.82) is 0 Å². The van der Waals surface area contributed by atoms with Crippen molar-refractivity contribution in [2.75, 3.05) is 0 Å². The van der Waals surface area contributed by atoms with Gasteiger partial charge < -0.3 is 15.4 Å². The Balaban J connectivity index is 1.75. The van der Waals surface area contributed by atoms with Crippen LogP contribution in [-0.4, -0.2) is 15.2 Å². The van der Waals surface area contributed by atoms with Crippen molar-refractivity contribution in [3.05, 3.63) is 63.9 Å². The molecule has 0 saturated heterocycles. The molecule has 3 aromatic rings. The molecule has 6 heteroatoms. The monoisotopic (exact) mass is 287 g/mol. The van der Waals surface area contributed by atoms with Gasteiger partial charge in [-0.1, -0.05) is 23.4 Å². The number of aromatic nitrogens is 2. The lowest BCUT2D eigenvalue weighted by Gasteiger charge is -2.01. The Morgan fingerprint density at radius 2 is 2.05 bits per heavy atom. The van der Waals surface area contributed by atoms with Gasteiger partial charge in [-0.2, -0.15) is 4.98 Å². The Labute approximate surface area is 119 Å². The summed E-state index contributed by atoms with van der Waals surface area (Å²) in [5.41, 5.74) is 7.07. The van der Waals surface area contributed by atoms with Gasteiger partial charge in [-0.3, -0.25) is 0 Å². The highest BCUT2D eigenvalue weighted by Gasteiger charge is 2.17. The predicted molar refractivity (Wildman–Crippen MR) is 75.6 cm³/mol. The summed E-state index contributed by atoms with van der Waals surface area (Å²) in [6, 6.07) is 10.4. The summed E-state index contributed by atoms with van der Waals surface area (Å²) in [6.07, 6.45) is 0.543. The minimum atomic E-state index is -0.379. The zero-order valence-electron chi connectivity index (χ0n) is 10.6. The van der Waals surface area contributed by atoms with Crippen molar-refractivity contribution >= 4 is 11.3 Å². The third-order valence-electron chi connectivity index (χ3n) is 2.90. The van der Waals surface area contributed by atoms with E-state index < -0.39 is 0 Å². The number of rotatable bonds is 4. The average molecular weight is 287 g/mol. The van der Waals surface area contributed by atoms with Gasteiger partial charge in [0.05, 0.1) is 0 Å². The van der Waals surface area contributed by atoms with Crippen LogP contribution in [0, 0.1) is 0 Å². The molecule has 0 amide bonds. The van der Waals surface area contributed by atoms with Gasteiger partial charge in [0.1, 0.15) is 11.8 Å². The smallest absolute Gasteiger partial charge is 0.248 e. The molecule has 0 spiro atoms. The van der Waals surface area contributed by atoms with E-state index in [1.54, 1.807) is 23.5 Å². The van der Waals surface area contributed by atoms with Crippen LogP contribution in [0.3, 0.4) is 0 Å². The van der Waals surface area contributed by atoms with Crippen LogP contribution in [0.4, 0.5) is 0 Å². The van der Waals surface area contributed by atoms with Gasteiger partial charge in [-0.15, -0.1) is 11.3 Å². The van der Waals surface area contributed by atoms with Gasteiger partial charge >= 0.3 is 0 Å². The maximum atomic E-state index is 9.24. The quantitative estimate of drug-likeness (QED) is 0.770. The highest BCUT2D eigenvalue weighted by Crippen LogP contribution is 2.22. The summed E-state index contributed by atoms with van der Waals surface area (Å²) < 4.78 is 5.22. The molecule has 0 fully saturated rings. The Kier molecular flexibility index (Phi) is 3.49. The summed E-state index contributed by atoms with van der Waals surface area (Å²) in [5, 5.41) is 15.1. The first-order valence-corrected chi connectivity index (χ1v) is 7.00. The minimum absolute atomic E-state index is 0.238. The van der Waals surface area contributed by atoms with Crippen molar-refractivity contribution in [2.24, 2.45) is 5.73 Å². The van der Waals surface area contributed by atoms with Crippen molar-refractivity contribution in [3.63, 3.8) is 0 Å². The van der Waals surface area contributed by atoms with Crippen molar-refractivity contribution in [3.8, 4) is 5.75 Å². The van der Waals surface area contributed by atoms with Gasteiger partial charge in [0.2, 0.25) is 5.89 Å². The summed E-state index contributed by atoms with van der Waals surface area (Å²) in [6.45, 7) is 0. The number of hydrogen-bond acceptors (Lipinski definition) is 6. The number of benzene rings is 1. The standard InChI is InChI=1S/C14H13N3O2S/c15-13(11-2-1-7-20-11)14-16-12(17-19-14)8-9-3-5-10(18)6-4-9/h1-7,13,18H,8,15H2. The number of nitrogens with zero attached hydrogens (tertiary/aromatic N) is 2. The third-order valence-corrected chi connectivity index (χ3v) is 3.85. The normalized spacial score (nSPS) is 12.4. The lowest BCUT2D eigenvalue weighted by atomic mass is 10.1. The SMILES string of the molecule is NC(c1nc(Cc2ccc(O)cc2)no1)c1cccs1. The van der Waals surface area contributed by atoms with Crippen LogP contribution in [0.2, 0.25) is 0 Å². The van der Waals surface area contributed by atoms with E-state index in [4.69, 9.17) is 10.3 Å². The zero-order chi connectivity index (χ0) is 13.9. The van der Waals surface area contributed by atoms with Crippen LogP contribution in [0.5, 0.6) is 5.75 Å². The summed E-state index contributed by atoms with van der Waals surface area (Å²) in [7, 11) is 0. The average Bonchev–Trinajstić information content (AvgIpc) is 3.12. The molecule has 3 rings (SSSR count). The highest BCUT2D eigenvalue weighted by atomic mass is 32.1. The predicted octanol–water partition coefficient (Wildman–Crippen LogP) is 2.48. The van der Waals surface area contributed by atoms with Crippen LogP contribution >= 0.6 is 11.3 Å². The van der Waals surface area contributed by atoms with Crippen LogP contribution in [0.1, 0.15) is 28.2 Å². The number of phenols is 1. The second-order valence-corrected chi connectivity index (χ2v) is 5.36. The Morgan fingerprint density at radius 1 is 1.25 bits per heavy atom. The maximum absolute atomic E-state index is 9.24. The largest absolute Gasteiger partial charge is 0.508 e. The minimum Gasteiger partial charge on any atom is -0.508 e. The molecule has 1 aromatic carbocycles. The van der Waals surface area contributed by atoms with E-state index in [1.165, 1.54) is 0 Å². The van der Waals surface area contributed by atoms with E-state index in [1.807, 2.05) is 29.6 Å². The highest BCUT2D eigenvalue weighted by molar-refractivity contribution is 7.10. The fourth-order valence-electron chi connectivity index (χ4n) is 1.85. The second kappa shape index (κ2) is 5.44. The molecule has 0 saturated carbocycles. The topological polar surface area (TPSA) is 85.2 Å². The van der Waals surface area contributed by atoms with Crippen LogP contribution in [0.15, 0.2) is 46.3 Å². The molecule has 2 heterocycles. The molecule has 3 N–H and O–H groups in total. The molecule has 0 aliphatic carbocycles. The molecule has 1 unspecified atom stereocenters. The van der Waals surface area contributed by atoms with E-state index in [0.717, 1.165) is 10.4 Å². The maximum Gasteiger partial charge on any atom is 0.248 e. The molecule has 0 radical (unpaired) electrons. The molecule has 20 heavy (non-hydrogen) atoms. The van der Waals surface area contributed by atoms with Crippen molar-refractivity contribution in [1.82, 2.24) is 10.1 Å². The van der Waals surface area contributed by atoms with Crippen LogP contribution < -0.4 is 5.73 Å². The van der Waals surface area contributed by atoms with Crippen molar-refractivity contribution < 1.29 is 9.63 Å². The summed E-state index contributed by atoms with van der Waals surface area (Å²) >= 11 is 1.56. The van der Waals surface area contributed by atoms with Crippen molar-refractivity contribution in [2.45, 2.75) is 12.5 Å². The Bertz CT molecular complexity index is 677. The number of hydrogen-bond donors (Lipinski definition) is 2. The second-order valence-electron chi connectivity index (χ2n) is 4.39. The van der Waals surface area contributed by atoms with E-state index >= 15 is 0 Å². The molecule has 102 valence electrons. The zero-order valence-corrected chi connectivity index (χ0v) is 11.4.